The summed E-state index contributed by atoms with van der Waals surface area (Å²) >= 11 is 6.53. The van der Waals surface area contributed by atoms with Crippen LogP contribution in [0, 0.1) is 0 Å². The van der Waals surface area contributed by atoms with Gasteiger partial charge >= 0.3 is 0 Å². The number of aromatic nitrogens is 2. The van der Waals surface area contributed by atoms with Crippen molar-refractivity contribution in [3.63, 3.8) is 0 Å². The largest absolute Gasteiger partial charge is 0.494 e. The van der Waals surface area contributed by atoms with Crippen molar-refractivity contribution in [1.82, 2.24) is 9.55 Å². The molecule has 0 spiro atoms. The quantitative estimate of drug-likeness (QED) is 0.277. The molecule has 1 N–H and O–H groups in total. The lowest BCUT2D eigenvalue weighted by Crippen LogP contribution is -1.97. The molecule has 5 heteroatoms. The average Bonchev–Trinajstić information content (AvgIpc) is 3.17. The van der Waals surface area contributed by atoms with Gasteiger partial charge in [0.05, 0.1) is 10.4 Å². The Morgan fingerprint density at radius 2 is 1.58 bits per heavy atom. The van der Waals surface area contributed by atoms with E-state index in [1.807, 2.05) is 71.4 Å². The standard InChI is InChI=1S/C28H23ClN2O2/c29-26-18-22(21-12-14-30-15-13-21)17-23-19-31(28(32)27(23)26)16-4-5-20-8-10-25(11-9-20)33-24-6-2-1-3-7-24/h1-3,6-15,17-19,32H,4-5,16H2. The maximum atomic E-state index is 10.8. The fourth-order valence-electron chi connectivity index (χ4n) is 4.02. The number of aryl methyl sites for hydroxylation is 2. The minimum atomic E-state index is 0.211. The minimum Gasteiger partial charge on any atom is -0.494 e. The van der Waals surface area contributed by atoms with Gasteiger partial charge in [-0.3, -0.25) is 4.98 Å². The highest BCUT2D eigenvalue weighted by atomic mass is 35.5. The Morgan fingerprint density at radius 1 is 0.848 bits per heavy atom. The van der Waals surface area contributed by atoms with E-state index >= 15 is 0 Å². The molecule has 0 atom stereocenters. The number of rotatable bonds is 7. The van der Waals surface area contributed by atoms with Crippen LogP contribution in [0.1, 0.15) is 12.0 Å². The van der Waals surface area contributed by atoms with Gasteiger partial charge in [-0.15, -0.1) is 0 Å². The third-order valence-electron chi connectivity index (χ3n) is 5.69. The lowest BCUT2D eigenvalue weighted by Gasteiger charge is -2.08. The van der Waals surface area contributed by atoms with Crippen LogP contribution in [0.4, 0.5) is 0 Å². The van der Waals surface area contributed by atoms with Gasteiger partial charge in [0.2, 0.25) is 5.88 Å². The number of ether oxygens (including phenoxy) is 1. The lowest BCUT2D eigenvalue weighted by molar-refractivity contribution is 0.418. The average molecular weight is 455 g/mol. The van der Waals surface area contributed by atoms with Crippen molar-refractivity contribution in [2.24, 2.45) is 0 Å². The molecule has 0 fully saturated rings. The molecule has 164 valence electrons. The van der Waals surface area contributed by atoms with Crippen LogP contribution in [0.2, 0.25) is 5.02 Å². The Labute approximate surface area is 197 Å². The molecule has 0 aliphatic heterocycles. The molecule has 5 rings (SSSR count). The summed E-state index contributed by atoms with van der Waals surface area (Å²) in [6.07, 6.45) is 7.28. The van der Waals surface area contributed by atoms with E-state index in [4.69, 9.17) is 16.3 Å². The summed E-state index contributed by atoms with van der Waals surface area (Å²) in [6, 6.07) is 25.7. The number of aromatic hydroxyl groups is 1. The van der Waals surface area contributed by atoms with Crippen molar-refractivity contribution in [3.8, 4) is 28.5 Å². The van der Waals surface area contributed by atoms with Crippen LogP contribution in [-0.4, -0.2) is 14.7 Å². The van der Waals surface area contributed by atoms with Gasteiger partial charge < -0.3 is 14.4 Å². The summed E-state index contributed by atoms with van der Waals surface area (Å²) in [5, 5.41) is 12.9. The van der Waals surface area contributed by atoms with Gasteiger partial charge in [-0.1, -0.05) is 41.9 Å². The highest BCUT2D eigenvalue weighted by Crippen LogP contribution is 2.37. The normalized spacial score (nSPS) is 11.1. The van der Waals surface area contributed by atoms with Crippen LogP contribution in [0.3, 0.4) is 0 Å². The second kappa shape index (κ2) is 9.39. The van der Waals surface area contributed by atoms with E-state index in [9.17, 15) is 5.11 Å². The zero-order chi connectivity index (χ0) is 22.6. The third-order valence-corrected chi connectivity index (χ3v) is 5.99. The highest BCUT2D eigenvalue weighted by molar-refractivity contribution is 6.36. The van der Waals surface area contributed by atoms with Crippen molar-refractivity contribution < 1.29 is 9.84 Å². The second-order valence-electron chi connectivity index (χ2n) is 7.97. The fourth-order valence-corrected chi connectivity index (χ4v) is 4.33. The molecule has 4 nitrogen and oxygen atoms in total. The van der Waals surface area contributed by atoms with Crippen LogP contribution in [0.25, 0.3) is 21.9 Å². The van der Waals surface area contributed by atoms with E-state index in [0.29, 0.717) is 17.0 Å². The molecular formula is C28H23ClN2O2. The van der Waals surface area contributed by atoms with Crippen LogP contribution < -0.4 is 4.74 Å². The van der Waals surface area contributed by atoms with Crippen LogP contribution in [0.15, 0.2) is 97.5 Å². The summed E-state index contributed by atoms with van der Waals surface area (Å²) in [5.41, 5.74) is 3.27. The first-order valence-corrected chi connectivity index (χ1v) is 11.3. The molecular weight excluding hydrogens is 432 g/mol. The van der Waals surface area contributed by atoms with Gasteiger partial charge in [0.25, 0.3) is 0 Å². The summed E-state index contributed by atoms with van der Waals surface area (Å²) in [5.74, 6) is 1.85. The summed E-state index contributed by atoms with van der Waals surface area (Å²) in [4.78, 5) is 4.07. The van der Waals surface area contributed by atoms with Crippen LogP contribution >= 0.6 is 11.6 Å². The van der Waals surface area contributed by atoms with Crippen molar-refractivity contribution in [1.29, 1.82) is 0 Å². The van der Waals surface area contributed by atoms with Crippen LogP contribution in [-0.2, 0) is 13.0 Å². The van der Waals surface area contributed by atoms with Crippen molar-refractivity contribution in [2.75, 3.05) is 0 Å². The monoisotopic (exact) mass is 454 g/mol. The third kappa shape index (κ3) is 4.71. The topological polar surface area (TPSA) is 47.3 Å². The van der Waals surface area contributed by atoms with Crippen molar-refractivity contribution in [2.45, 2.75) is 19.4 Å². The minimum absolute atomic E-state index is 0.211. The van der Waals surface area contributed by atoms with Gasteiger partial charge in [0.1, 0.15) is 11.5 Å². The van der Waals surface area contributed by atoms with Gasteiger partial charge in [-0.25, -0.2) is 0 Å². The molecule has 0 aliphatic carbocycles. The Balaban J connectivity index is 1.26. The molecule has 0 saturated heterocycles. The smallest absolute Gasteiger partial charge is 0.200 e. The van der Waals surface area contributed by atoms with Crippen molar-refractivity contribution in [3.05, 3.63) is 108 Å². The van der Waals surface area contributed by atoms with E-state index in [2.05, 4.69) is 23.2 Å². The molecule has 2 aromatic heterocycles. The first-order valence-electron chi connectivity index (χ1n) is 10.9. The lowest BCUT2D eigenvalue weighted by atomic mass is 10.0. The molecule has 2 heterocycles. The maximum Gasteiger partial charge on any atom is 0.200 e. The maximum absolute atomic E-state index is 10.8. The molecule has 0 aliphatic rings. The second-order valence-corrected chi connectivity index (χ2v) is 8.37. The number of hydrogen-bond acceptors (Lipinski definition) is 3. The number of nitrogens with zero attached hydrogens (tertiary/aromatic N) is 2. The number of fused-ring (bicyclic) bond motifs is 1. The summed E-state index contributed by atoms with van der Waals surface area (Å²) in [6.45, 7) is 0.698. The Bertz CT molecular complexity index is 1360. The Hall–Kier alpha value is -3.76. The molecule has 0 saturated carbocycles. The summed E-state index contributed by atoms with van der Waals surface area (Å²) < 4.78 is 7.73. The number of pyridine rings is 1. The SMILES string of the molecule is Oc1c2c(Cl)cc(-c3ccncc3)cc2cn1CCCc1ccc(Oc2ccccc2)cc1. The number of benzene rings is 3. The predicted octanol–water partition coefficient (Wildman–Crippen LogP) is 7.49. The Kier molecular flexibility index (Phi) is 6.01. The number of hydrogen-bond donors (Lipinski definition) is 1. The zero-order valence-corrected chi connectivity index (χ0v) is 18.7. The first-order chi connectivity index (χ1) is 16.2. The van der Waals surface area contributed by atoms with Crippen LogP contribution in [0.5, 0.6) is 17.4 Å². The fraction of sp³-hybridized carbons (Fsp3) is 0.107. The van der Waals surface area contributed by atoms with E-state index in [1.165, 1.54) is 5.56 Å². The van der Waals surface area contributed by atoms with E-state index in [-0.39, 0.29) is 5.88 Å². The molecule has 0 amide bonds. The van der Waals surface area contributed by atoms with E-state index < -0.39 is 0 Å². The molecule has 3 aromatic carbocycles. The van der Waals surface area contributed by atoms with E-state index in [1.54, 1.807) is 12.4 Å². The molecule has 0 bridgehead atoms. The first kappa shape index (κ1) is 21.1. The van der Waals surface area contributed by atoms with Gasteiger partial charge in [-0.2, -0.15) is 0 Å². The molecule has 0 unspecified atom stereocenters. The molecule has 33 heavy (non-hydrogen) atoms. The Morgan fingerprint density at radius 3 is 2.33 bits per heavy atom. The molecule has 0 radical (unpaired) electrons. The van der Waals surface area contributed by atoms with Gasteiger partial charge in [-0.05, 0) is 78.1 Å². The van der Waals surface area contributed by atoms with Gasteiger partial charge in [0.15, 0.2) is 0 Å². The molecule has 5 aromatic rings. The summed E-state index contributed by atoms with van der Waals surface area (Å²) in [7, 11) is 0. The number of halogens is 1. The van der Waals surface area contributed by atoms with E-state index in [0.717, 1.165) is 40.9 Å². The van der Waals surface area contributed by atoms with Gasteiger partial charge in [0, 0.05) is 30.5 Å². The highest BCUT2D eigenvalue weighted by Gasteiger charge is 2.14. The van der Waals surface area contributed by atoms with Crippen molar-refractivity contribution >= 4 is 22.4 Å². The predicted molar refractivity (Wildman–Crippen MR) is 133 cm³/mol. The number of para-hydroxylation sites is 1. The zero-order valence-electron chi connectivity index (χ0n) is 18.0.